The number of hydrogen-bond acceptors (Lipinski definition) is 0. The smallest absolute Gasteiger partial charge is 0.137 e. The monoisotopic (exact) mass is 376 g/mol. The molecule has 0 aromatic heterocycles. The molecule has 0 saturated heterocycles. The van der Waals surface area contributed by atoms with E-state index in [0.29, 0.717) is 34.2 Å². The zero-order valence-electron chi connectivity index (χ0n) is 18.0. The quantitative estimate of drug-likeness (QED) is 0.510. The summed E-state index contributed by atoms with van der Waals surface area (Å²) in [6, 6.07) is 0. The first-order valence-corrected chi connectivity index (χ1v) is 9.76. The van der Waals surface area contributed by atoms with Gasteiger partial charge in [-0.05, 0) is 84.9 Å². The van der Waals surface area contributed by atoms with E-state index in [0.717, 1.165) is 11.1 Å². The summed E-state index contributed by atoms with van der Waals surface area (Å²) in [6.45, 7) is 16.7. The fourth-order valence-electron chi connectivity index (χ4n) is 4.35. The molecule has 0 saturated carbocycles. The highest BCUT2D eigenvalue weighted by atomic mass is 19.1. The Balaban J connectivity index is 3.11. The van der Waals surface area contributed by atoms with Gasteiger partial charge in [0.1, 0.15) is 17.5 Å². The normalized spacial score (nSPS) is 11.8. The van der Waals surface area contributed by atoms with Crippen molar-refractivity contribution in [1.29, 1.82) is 0 Å². The van der Waals surface area contributed by atoms with E-state index in [2.05, 4.69) is 0 Å². The molecule has 0 amide bonds. The summed E-state index contributed by atoms with van der Waals surface area (Å²) in [4.78, 5) is 0. The molecule has 148 valence electrons. The molecule has 0 radical (unpaired) electrons. The second kappa shape index (κ2) is 7.69. The number of hydrogen-bond donors (Lipinski definition) is 0. The Bertz CT molecular complexity index is 890. The van der Waals surface area contributed by atoms with Gasteiger partial charge in [-0.25, -0.2) is 13.2 Å². The molecule has 3 heteroatoms. The molecular formula is C24H31F3. The van der Waals surface area contributed by atoms with E-state index in [1.165, 1.54) is 0 Å². The van der Waals surface area contributed by atoms with Gasteiger partial charge in [-0.2, -0.15) is 0 Å². The van der Waals surface area contributed by atoms with Crippen LogP contribution in [0.2, 0.25) is 0 Å². The van der Waals surface area contributed by atoms with Gasteiger partial charge in [-0.1, -0.05) is 34.6 Å². The van der Waals surface area contributed by atoms with Crippen molar-refractivity contribution in [3.05, 3.63) is 56.4 Å². The zero-order chi connectivity index (χ0) is 20.8. The third-order valence-corrected chi connectivity index (χ3v) is 5.87. The minimum atomic E-state index is -0.642. The van der Waals surface area contributed by atoms with Crippen LogP contribution in [0.4, 0.5) is 13.2 Å². The van der Waals surface area contributed by atoms with Crippen molar-refractivity contribution < 1.29 is 13.2 Å². The molecule has 2 aromatic rings. The maximum Gasteiger partial charge on any atom is 0.137 e. The Morgan fingerprint density at radius 3 is 1.52 bits per heavy atom. The first-order valence-electron chi connectivity index (χ1n) is 9.76. The summed E-state index contributed by atoms with van der Waals surface area (Å²) in [6.07, 6.45) is 0.440. The van der Waals surface area contributed by atoms with Gasteiger partial charge in [0.05, 0.1) is 5.56 Å². The van der Waals surface area contributed by atoms with Crippen LogP contribution in [0.25, 0.3) is 11.1 Å². The average Bonchev–Trinajstić information content (AvgIpc) is 2.59. The van der Waals surface area contributed by atoms with Crippen LogP contribution in [-0.4, -0.2) is 0 Å². The topological polar surface area (TPSA) is 0 Å². The molecular weight excluding hydrogens is 345 g/mol. The van der Waals surface area contributed by atoms with E-state index in [1.54, 1.807) is 13.8 Å². The summed E-state index contributed by atoms with van der Waals surface area (Å²) >= 11 is 0. The largest absolute Gasteiger partial charge is 0.206 e. The molecule has 0 atom stereocenters. The van der Waals surface area contributed by atoms with Gasteiger partial charge in [-0.3, -0.25) is 0 Å². The first kappa shape index (κ1) is 21.5. The highest BCUT2D eigenvalue weighted by Crippen LogP contribution is 2.43. The highest BCUT2D eigenvalue weighted by Gasteiger charge is 2.30. The fourth-order valence-corrected chi connectivity index (χ4v) is 4.35. The molecule has 0 spiro atoms. The van der Waals surface area contributed by atoms with Crippen LogP contribution >= 0.6 is 0 Å². The van der Waals surface area contributed by atoms with Gasteiger partial charge in [0.2, 0.25) is 0 Å². The second-order valence-corrected chi connectivity index (χ2v) is 8.16. The molecule has 0 fully saturated rings. The van der Waals surface area contributed by atoms with Crippen molar-refractivity contribution in [2.45, 2.75) is 80.6 Å². The molecule has 0 bridgehead atoms. The molecule has 0 unspecified atom stereocenters. The van der Waals surface area contributed by atoms with Crippen molar-refractivity contribution >= 4 is 0 Å². The van der Waals surface area contributed by atoms with E-state index < -0.39 is 17.5 Å². The molecule has 0 heterocycles. The number of benzene rings is 2. The van der Waals surface area contributed by atoms with Crippen LogP contribution in [0.3, 0.4) is 0 Å². The van der Waals surface area contributed by atoms with Crippen molar-refractivity contribution in [3.8, 4) is 11.1 Å². The Morgan fingerprint density at radius 2 is 1.07 bits per heavy atom. The van der Waals surface area contributed by atoms with Crippen LogP contribution in [0.15, 0.2) is 0 Å². The fraction of sp³-hybridized carbons (Fsp3) is 0.500. The van der Waals surface area contributed by atoms with Crippen molar-refractivity contribution in [2.75, 3.05) is 0 Å². The predicted molar refractivity (Wildman–Crippen MR) is 108 cm³/mol. The van der Waals surface area contributed by atoms with E-state index in [9.17, 15) is 0 Å². The molecule has 0 aliphatic rings. The summed E-state index contributed by atoms with van der Waals surface area (Å²) in [5.74, 6) is -1.83. The minimum Gasteiger partial charge on any atom is -0.206 e. The Morgan fingerprint density at radius 1 is 0.593 bits per heavy atom. The van der Waals surface area contributed by atoms with Crippen LogP contribution in [0.5, 0.6) is 0 Å². The summed E-state index contributed by atoms with van der Waals surface area (Å²) in [5.41, 5.74) is 4.38. The van der Waals surface area contributed by atoms with Crippen LogP contribution in [-0.2, 0) is 6.42 Å². The lowest BCUT2D eigenvalue weighted by molar-refractivity contribution is 0.557. The Labute approximate surface area is 161 Å². The van der Waals surface area contributed by atoms with Gasteiger partial charge >= 0.3 is 0 Å². The number of halogens is 3. The third kappa shape index (κ3) is 3.30. The van der Waals surface area contributed by atoms with Crippen LogP contribution in [0.1, 0.15) is 85.4 Å². The zero-order valence-corrected chi connectivity index (χ0v) is 18.0. The summed E-state index contributed by atoms with van der Waals surface area (Å²) in [5, 5.41) is 0. The van der Waals surface area contributed by atoms with Gasteiger partial charge in [0.15, 0.2) is 0 Å². The third-order valence-electron chi connectivity index (χ3n) is 5.87. The lowest BCUT2D eigenvalue weighted by atomic mass is 9.81. The standard InChI is InChI=1S/C24H31F3/c1-10-17-18(11(2)3)16(9)23(26)21(24(17)27)20-19(12(4)5)14(7)13(6)15(8)22(20)25/h11-12H,10H2,1-9H3. The van der Waals surface area contributed by atoms with E-state index in [4.69, 9.17) is 0 Å². The predicted octanol–water partition coefficient (Wildman–Crippen LogP) is 7.81. The average molecular weight is 377 g/mol. The van der Waals surface area contributed by atoms with E-state index in [-0.39, 0.29) is 23.0 Å². The van der Waals surface area contributed by atoms with E-state index in [1.807, 2.05) is 48.5 Å². The van der Waals surface area contributed by atoms with Crippen LogP contribution < -0.4 is 0 Å². The Hall–Kier alpha value is -1.77. The maximum absolute atomic E-state index is 15.6. The highest BCUT2D eigenvalue weighted by molar-refractivity contribution is 5.75. The lowest BCUT2D eigenvalue weighted by Gasteiger charge is -2.25. The van der Waals surface area contributed by atoms with Crippen molar-refractivity contribution in [1.82, 2.24) is 0 Å². The van der Waals surface area contributed by atoms with Gasteiger partial charge in [0, 0.05) is 5.56 Å². The molecule has 0 aliphatic carbocycles. The SMILES string of the molecule is CCc1c(F)c(-c2c(F)c(C)c(C)c(C)c2C(C)C)c(F)c(C)c1C(C)C. The molecule has 0 nitrogen and oxygen atoms in total. The number of rotatable bonds is 4. The molecule has 0 aliphatic heterocycles. The summed E-state index contributed by atoms with van der Waals surface area (Å²) < 4.78 is 46.5. The molecule has 2 aromatic carbocycles. The second-order valence-electron chi connectivity index (χ2n) is 8.16. The molecule has 0 N–H and O–H groups in total. The minimum absolute atomic E-state index is 0.00564. The lowest BCUT2D eigenvalue weighted by Crippen LogP contribution is -2.12. The van der Waals surface area contributed by atoms with E-state index >= 15 is 13.2 Å². The van der Waals surface area contributed by atoms with Gasteiger partial charge in [-0.15, -0.1) is 0 Å². The molecule has 2 rings (SSSR count). The Kier molecular flexibility index (Phi) is 6.13. The maximum atomic E-state index is 15.6. The van der Waals surface area contributed by atoms with Gasteiger partial charge in [0.25, 0.3) is 0 Å². The van der Waals surface area contributed by atoms with Crippen LogP contribution in [0, 0.1) is 45.1 Å². The van der Waals surface area contributed by atoms with Crippen molar-refractivity contribution in [3.63, 3.8) is 0 Å². The first-order chi connectivity index (χ1) is 12.5. The summed E-state index contributed by atoms with van der Waals surface area (Å²) in [7, 11) is 0. The van der Waals surface area contributed by atoms with Gasteiger partial charge < -0.3 is 0 Å². The molecule has 27 heavy (non-hydrogen) atoms. The van der Waals surface area contributed by atoms with Crippen molar-refractivity contribution in [2.24, 2.45) is 0 Å².